The van der Waals surface area contributed by atoms with Crippen molar-refractivity contribution in [3.8, 4) is 0 Å². The molecule has 6 nitrogen and oxygen atoms in total. The average molecular weight is 496 g/mol. The van der Waals surface area contributed by atoms with Gasteiger partial charge in [-0.3, -0.25) is 14.7 Å². The van der Waals surface area contributed by atoms with E-state index in [1.807, 2.05) is 30.2 Å². The van der Waals surface area contributed by atoms with Gasteiger partial charge < -0.3 is 14.8 Å². The molecule has 3 aliphatic heterocycles. The Morgan fingerprint density at radius 2 is 2.00 bits per heavy atom. The Hall–Kier alpha value is -2.64. The van der Waals surface area contributed by atoms with E-state index >= 15 is 0 Å². The molecule has 0 fully saturated rings. The van der Waals surface area contributed by atoms with Gasteiger partial charge in [0.2, 0.25) is 5.96 Å². The molecule has 1 amide bonds. The van der Waals surface area contributed by atoms with Crippen molar-refractivity contribution in [1.82, 2.24) is 14.8 Å². The Balaban J connectivity index is 1.69. The summed E-state index contributed by atoms with van der Waals surface area (Å²) in [6, 6.07) is 7.94. The number of allylic oxidation sites excluding steroid dienone is 1. The average Bonchev–Trinajstić information content (AvgIpc) is 3.08. The summed E-state index contributed by atoms with van der Waals surface area (Å²) in [6.45, 7) is 12.2. The number of anilines is 1. The molecule has 3 aliphatic rings. The van der Waals surface area contributed by atoms with Gasteiger partial charge in [0.05, 0.1) is 16.3 Å². The second-order valence-corrected chi connectivity index (χ2v) is 11.2. The molecule has 0 radical (unpaired) electrons. The summed E-state index contributed by atoms with van der Waals surface area (Å²) in [4.78, 5) is 24.0. The maximum Gasteiger partial charge on any atom is 0.265 e. The first-order valence-corrected chi connectivity index (χ1v) is 12.9. The van der Waals surface area contributed by atoms with Gasteiger partial charge in [0.25, 0.3) is 5.91 Å². The maximum absolute atomic E-state index is 13.9. The molecule has 1 aromatic heterocycles. The summed E-state index contributed by atoms with van der Waals surface area (Å²) in [5.41, 5.74) is 4.03. The number of rotatable bonds is 5. The third-order valence-electron chi connectivity index (χ3n) is 6.46. The predicted molar refractivity (Wildman–Crippen MR) is 141 cm³/mol. The number of benzene rings is 1. The molecule has 0 aliphatic carbocycles. The number of fused-ring (bicyclic) bond motifs is 3. The van der Waals surface area contributed by atoms with Crippen LogP contribution in [0.3, 0.4) is 0 Å². The molecule has 1 aromatic carbocycles. The molecule has 0 bridgehead atoms. The first kappa shape index (κ1) is 23.1. The molecule has 0 spiro atoms. The molecule has 34 heavy (non-hydrogen) atoms. The number of halogens is 1. The van der Waals surface area contributed by atoms with E-state index in [9.17, 15) is 4.79 Å². The molecule has 5 rings (SSSR count). The highest BCUT2D eigenvalue weighted by Gasteiger charge is 2.44. The molecule has 4 heterocycles. The third-order valence-corrected chi connectivity index (χ3v) is 7.87. The number of aliphatic imine (C=N–C) groups is 1. The Labute approximate surface area is 210 Å². The molecule has 178 valence electrons. The standard InChI is InChI=1S/C26H30ClN5OS/c1-5-30-23(33)21-22(32-16-26(3,4)15-29-25(30)32)17(2)31(14-18-6-8-19(27)9-7-18)24(21)34-20-10-12-28-13-11-20/h6-12,28H,5,13-16H2,1-4H3. The summed E-state index contributed by atoms with van der Waals surface area (Å²) >= 11 is 7.80. The summed E-state index contributed by atoms with van der Waals surface area (Å²) in [6.07, 6.45) is 6.19. The van der Waals surface area contributed by atoms with Crippen LogP contribution in [-0.2, 0) is 6.54 Å². The highest BCUT2D eigenvalue weighted by molar-refractivity contribution is 8.03. The number of nitrogens with one attached hydrogen (secondary N) is 1. The topological polar surface area (TPSA) is 52.9 Å². The van der Waals surface area contributed by atoms with Crippen molar-refractivity contribution in [1.29, 1.82) is 0 Å². The largest absolute Gasteiger partial charge is 0.387 e. The van der Waals surface area contributed by atoms with Gasteiger partial charge in [-0.25, -0.2) is 0 Å². The lowest BCUT2D eigenvalue weighted by Crippen LogP contribution is -2.57. The van der Waals surface area contributed by atoms with Crippen LogP contribution in [0.2, 0.25) is 5.02 Å². The van der Waals surface area contributed by atoms with Gasteiger partial charge in [-0.1, -0.05) is 55.4 Å². The van der Waals surface area contributed by atoms with Gasteiger partial charge in [-0.2, -0.15) is 0 Å². The third kappa shape index (κ3) is 4.05. The van der Waals surface area contributed by atoms with Crippen LogP contribution in [-0.4, -0.2) is 47.5 Å². The number of thioether (sulfide) groups is 1. The Bertz CT molecular complexity index is 1220. The Morgan fingerprint density at radius 3 is 2.68 bits per heavy atom. The number of carbonyl (C=O) groups excluding carboxylic acids is 1. The van der Waals surface area contributed by atoms with Crippen molar-refractivity contribution >= 4 is 40.9 Å². The first-order valence-electron chi connectivity index (χ1n) is 11.7. The zero-order valence-corrected chi connectivity index (χ0v) is 21.6. The summed E-state index contributed by atoms with van der Waals surface area (Å²) in [5.74, 6) is 0.815. The van der Waals surface area contributed by atoms with Crippen molar-refractivity contribution in [3.05, 3.63) is 69.4 Å². The molecule has 0 unspecified atom stereocenters. The van der Waals surface area contributed by atoms with E-state index in [0.29, 0.717) is 13.1 Å². The van der Waals surface area contributed by atoms with Crippen molar-refractivity contribution in [2.45, 2.75) is 39.3 Å². The van der Waals surface area contributed by atoms with Crippen LogP contribution >= 0.6 is 23.4 Å². The SMILES string of the molecule is CCN1C(=O)c2c(c(C)n(Cc3ccc(Cl)cc3)c2SC2=CCNC=C2)N2CC(C)(C)CN=C12. The van der Waals surface area contributed by atoms with E-state index in [1.54, 1.807) is 11.8 Å². The molecule has 0 saturated heterocycles. The lowest BCUT2D eigenvalue weighted by Gasteiger charge is -2.44. The van der Waals surface area contributed by atoms with Gasteiger partial charge in [0.15, 0.2) is 0 Å². The van der Waals surface area contributed by atoms with Crippen molar-refractivity contribution in [2.24, 2.45) is 10.4 Å². The zero-order chi connectivity index (χ0) is 24.0. The van der Waals surface area contributed by atoms with Crippen LogP contribution in [0.15, 0.2) is 57.5 Å². The number of aromatic nitrogens is 1. The molecular formula is C26H30ClN5OS. The minimum absolute atomic E-state index is 0.0267. The van der Waals surface area contributed by atoms with E-state index in [2.05, 4.69) is 59.8 Å². The monoisotopic (exact) mass is 495 g/mol. The maximum atomic E-state index is 13.9. The smallest absolute Gasteiger partial charge is 0.265 e. The molecule has 8 heteroatoms. The number of amides is 1. The highest BCUT2D eigenvalue weighted by Crippen LogP contribution is 2.45. The lowest BCUT2D eigenvalue weighted by molar-refractivity contribution is 0.0838. The molecular weight excluding hydrogens is 466 g/mol. The van der Waals surface area contributed by atoms with Crippen molar-refractivity contribution in [3.63, 3.8) is 0 Å². The fourth-order valence-electron chi connectivity index (χ4n) is 4.75. The van der Waals surface area contributed by atoms with Gasteiger partial charge in [-0.15, -0.1) is 0 Å². The van der Waals surface area contributed by atoms with Gasteiger partial charge in [0, 0.05) is 53.8 Å². The van der Waals surface area contributed by atoms with Crippen molar-refractivity contribution in [2.75, 3.05) is 31.1 Å². The summed E-state index contributed by atoms with van der Waals surface area (Å²) < 4.78 is 2.28. The second-order valence-electron chi connectivity index (χ2n) is 9.69. The Morgan fingerprint density at radius 1 is 1.24 bits per heavy atom. The van der Waals surface area contributed by atoms with Crippen LogP contribution < -0.4 is 10.2 Å². The molecule has 2 aromatic rings. The van der Waals surface area contributed by atoms with Gasteiger partial charge in [0.1, 0.15) is 0 Å². The van der Waals surface area contributed by atoms with E-state index < -0.39 is 0 Å². The zero-order valence-electron chi connectivity index (χ0n) is 20.1. The number of carbonyl (C=O) groups is 1. The minimum atomic E-state index is 0.0267. The van der Waals surface area contributed by atoms with Crippen LogP contribution in [0, 0.1) is 12.3 Å². The van der Waals surface area contributed by atoms with E-state index in [-0.39, 0.29) is 11.3 Å². The van der Waals surface area contributed by atoms with Crippen LogP contribution in [0.25, 0.3) is 0 Å². The van der Waals surface area contributed by atoms with Crippen molar-refractivity contribution < 1.29 is 4.79 Å². The van der Waals surface area contributed by atoms with Gasteiger partial charge in [-0.05, 0) is 43.8 Å². The summed E-state index contributed by atoms with van der Waals surface area (Å²) in [5, 5.41) is 4.91. The number of guanidine groups is 1. The molecule has 0 saturated carbocycles. The second kappa shape index (κ2) is 8.86. The normalized spacial score (nSPS) is 18.8. The number of hydrogen-bond acceptors (Lipinski definition) is 5. The van der Waals surface area contributed by atoms with E-state index in [1.165, 1.54) is 0 Å². The first-order chi connectivity index (χ1) is 16.3. The van der Waals surface area contributed by atoms with Crippen LogP contribution in [0.5, 0.6) is 0 Å². The molecule has 1 N–H and O–H groups in total. The number of dihydropyridines is 1. The van der Waals surface area contributed by atoms with Gasteiger partial charge >= 0.3 is 0 Å². The highest BCUT2D eigenvalue weighted by atomic mass is 35.5. The lowest BCUT2D eigenvalue weighted by atomic mass is 9.90. The predicted octanol–water partition coefficient (Wildman–Crippen LogP) is 5.27. The number of nitrogens with zero attached hydrogens (tertiary/aromatic N) is 4. The quantitative estimate of drug-likeness (QED) is 0.614. The molecule has 0 atom stereocenters. The fraction of sp³-hybridized carbons (Fsp3) is 0.385. The van der Waals surface area contributed by atoms with Crippen LogP contribution in [0.1, 0.15) is 42.4 Å². The number of hydrogen-bond donors (Lipinski definition) is 1. The summed E-state index contributed by atoms with van der Waals surface area (Å²) in [7, 11) is 0. The fourth-order valence-corrected chi connectivity index (χ4v) is 6.00. The minimum Gasteiger partial charge on any atom is -0.387 e. The van der Waals surface area contributed by atoms with Crippen LogP contribution in [0.4, 0.5) is 5.69 Å². The van der Waals surface area contributed by atoms with E-state index in [4.69, 9.17) is 16.6 Å². The van der Waals surface area contributed by atoms with E-state index in [0.717, 1.165) is 63.1 Å². The Kier molecular flexibility index (Phi) is 6.02.